The van der Waals surface area contributed by atoms with Crippen LogP contribution in [0.25, 0.3) is 6.08 Å². The molecular formula is C30H31N. The van der Waals surface area contributed by atoms with Gasteiger partial charge in [0.15, 0.2) is 0 Å². The second-order valence-electron chi connectivity index (χ2n) is 8.78. The van der Waals surface area contributed by atoms with Gasteiger partial charge in [-0.2, -0.15) is 0 Å². The number of anilines is 2. The van der Waals surface area contributed by atoms with Crippen LogP contribution in [0, 0.1) is 11.3 Å². The summed E-state index contributed by atoms with van der Waals surface area (Å²) >= 11 is 0. The van der Waals surface area contributed by atoms with Crippen LogP contribution in [-0.4, -0.2) is 0 Å². The van der Waals surface area contributed by atoms with E-state index in [0.717, 1.165) is 23.4 Å². The van der Waals surface area contributed by atoms with E-state index in [1.165, 1.54) is 11.1 Å². The minimum atomic E-state index is 0.141. The Morgan fingerprint density at radius 2 is 1.84 bits per heavy atom. The summed E-state index contributed by atoms with van der Waals surface area (Å²) in [6.07, 6.45) is 23.1. The molecule has 1 heteroatoms. The van der Waals surface area contributed by atoms with Crippen molar-refractivity contribution in [2.24, 2.45) is 11.3 Å². The predicted molar refractivity (Wildman–Crippen MR) is 136 cm³/mol. The largest absolute Gasteiger partial charge is 0.356 e. The molecule has 31 heavy (non-hydrogen) atoms. The molecule has 2 aliphatic rings. The summed E-state index contributed by atoms with van der Waals surface area (Å²) in [5.74, 6) is 0.832. The van der Waals surface area contributed by atoms with E-state index < -0.39 is 0 Å². The molecule has 0 aromatic heterocycles. The zero-order valence-corrected chi connectivity index (χ0v) is 18.5. The Morgan fingerprint density at radius 1 is 1.03 bits per heavy atom. The second kappa shape index (κ2) is 9.22. The molecule has 2 aliphatic carbocycles. The average molecular weight is 406 g/mol. The molecule has 0 heterocycles. The molecule has 1 nitrogen and oxygen atoms in total. The first-order chi connectivity index (χ1) is 15.1. The molecule has 2 unspecified atom stereocenters. The van der Waals surface area contributed by atoms with Gasteiger partial charge < -0.3 is 5.32 Å². The van der Waals surface area contributed by atoms with Crippen molar-refractivity contribution in [2.75, 3.05) is 5.32 Å². The van der Waals surface area contributed by atoms with Crippen molar-refractivity contribution in [2.45, 2.75) is 26.2 Å². The van der Waals surface area contributed by atoms with E-state index in [2.05, 4.69) is 123 Å². The zero-order chi connectivity index (χ0) is 21.7. The molecule has 156 valence electrons. The third-order valence-corrected chi connectivity index (χ3v) is 6.38. The fourth-order valence-electron chi connectivity index (χ4n) is 4.50. The number of hydrogen-bond donors (Lipinski definition) is 1. The van der Waals surface area contributed by atoms with Gasteiger partial charge in [0.2, 0.25) is 0 Å². The van der Waals surface area contributed by atoms with Crippen LogP contribution in [0.4, 0.5) is 11.4 Å². The molecule has 0 spiro atoms. The Labute approximate surface area is 186 Å². The Morgan fingerprint density at radius 3 is 2.58 bits per heavy atom. The van der Waals surface area contributed by atoms with Gasteiger partial charge >= 0.3 is 0 Å². The Balaban J connectivity index is 1.51. The third kappa shape index (κ3) is 4.88. The summed E-state index contributed by atoms with van der Waals surface area (Å²) in [7, 11) is 0. The normalized spacial score (nSPS) is 24.9. The quantitative estimate of drug-likeness (QED) is 0.476. The number of hydrogen-bond acceptors (Lipinski definition) is 1. The van der Waals surface area contributed by atoms with Crippen LogP contribution < -0.4 is 5.32 Å². The average Bonchev–Trinajstić information content (AvgIpc) is 2.81. The van der Waals surface area contributed by atoms with E-state index >= 15 is 0 Å². The van der Waals surface area contributed by atoms with Crippen molar-refractivity contribution in [1.82, 2.24) is 0 Å². The molecule has 1 N–H and O–H groups in total. The van der Waals surface area contributed by atoms with E-state index in [9.17, 15) is 0 Å². The molecule has 0 radical (unpaired) electrons. The van der Waals surface area contributed by atoms with Crippen molar-refractivity contribution in [1.29, 1.82) is 0 Å². The summed E-state index contributed by atoms with van der Waals surface area (Å²) < 4.78 is 0. The molecule has 0 fully saturated rings. The lowest BCUT2D eigenvalue weighted by Gasteiger charge is -2.40. The van der Waals surface area contributed by atoms with Crippen molar-refractivity contribution >= 4 is 17.5 Å². The van der Waals surface area contributed by atoms with Gasteiger partial charge in [0.1, 0.15) is 0 Å². The molecule has 4 rings (SSSR count). The lowest BCUT2D eigenvalue weighted by molar-refractivity contribution is 0.284. The van der Waals surface area contributed by atoms with Gasteiger partial charge in [-0.25, -0.2) is 0 Å². The van der Waals surface area contributed by atoms with E-state index in [-0.39, 0.29) is 5.41 Å². The van der Waals surface area contributed by atoms with E-state index in [0.29, 0.717) is 11.8 Å². The van der Waals surface area contributed by atoms with Crippen molar-refractivity contribution in [3.8, 4) is 0 Å². The predicted octanol–water partition coefficient (Wildman–Crippen LogP) is 8.37. The van der Waals surface area contributed by atoms with Crippen LogP contribution in [0.1, 0.15) is 37.3 Å². The molecule has 2 aromatic carbocycles. The summed E-state index contributed by atoms with van der Waals surface area (Å²) in [6, 6.07) is 17.3. The van der Waals surface area contributed by atoms with Crippen LogP contribution >= 0.6 is 0 Å². The lowest BCUT2D eigenvalue weighted by atomic mass is 9.64. The maximum Gasteiger partial charge on any atom is 0.0390 e. The standard InChI is InChI=1S/C30H31N/c1-4-5-9-24-10-8-11-27(22-24)31-26-16-14-25(15-17-26)28-12-6-7-13-29(28)30(3)20-18-23(2)19-21-30/h4-20,22,28-29,31H,1,21H2,2-3H3/b9-5-/t28?,29?,30-/m1/s1. The van der Waals surface area contributed by atoms with Gasteiger partial charge in [-0.05, 0) is 60.1 Å². The number of rotatable bonds is 6. The van der Waals surface area contributed by atoms with Crippen LogP contribution in [0.15, 0.2) is 115 Å². The summed E-state index contributed by atoms with van der Waals surface area (Å²) in [4.78, 5) is 0. The van der Waals surface area contributed by atoms with Crippen LogP contribution in [-0.2, 0) is 0 Å². The van der Waals surface area contributed by atoms with Crippen molar-refractivity contribution < 1.29 is 0 Å². The highest BCUT2D eigenvalue weighted by molar-refractivity contribution is 5.64. The lowest BCUT2D eigenvalue weighted by Crippen LogP contribution is -2.30. The summed E-state index contributed by atoms with van der Waals surface area (Å²) in [6.45, 7) is 8.31. The fourth-order valence-corrected chi connectivity index (χ4v) is 4.50. The highest BCUT2D eigenvalue weighted by atomic mass is 14.9. The first kappa shape index (κ1) is 20.9. The third-order valence-electron chi connectivity index (χ3n) is 6.38. The highest BCUT2D eigenvalue weighted by Crippen LogP contribution is 2.47. The highest BCUT2D eigenvalue weighted by Gasteiger charge is 2.36. The topological polar surface area (TPSA) is 12.0 Å². The van der Waals surface area contributed by atoms with Crippen molar-refractivity contribution in [3.63, 3.8) is 0 Å². The van der Waals surface area contributed by atoms with Crippen LogP contribution in [0.3, 0.4) is 0 Å². The minimum Gasteiger partial charge on any atom is -0.356 e. The Hall–Kier alpha value is -3.32. The maximum absolute atomic E-state index is 3.74. The van der Waals surface area contributed by atoms with Gasteiger partial charge in [-0.15, -0.1) is 0 Å². The van der Waals surface area contributed by atoms with Gasteiger partial charge in [0.05, 0.1) is 0 Å². The van der Waals surface area contributed by atoms with Gasteiger partial charge in [0, 0.05) is 17.3 Å². The molecule has 0 amide bonds. The van der Waals surface area contributed by atoms with E-state index in [1.807, 2.05) is 6.08 Å². The summed E-state index contributed by atoms with van der Waals surface area (Å²) in [5, 5.41) is 3.53. The molecule has 0 saturated carbocycles. The smallest absolute Gasteiger partial charge is 0.0390 e. The molecule has 3 atom stereocenters. The zero-order valence-electron chi connectivity index (χ0n) is 18.5. The number of benzene rings is 2. The molecule has 0 saturated heterocycles. The maximum atomic E-state index is 3.74. The van der Waals surface area contributed by atoms with Crippen LogP contribution in [0.5, 0.6) is 0 Å². The van der Waals surface area contributed by atoms with Gasteiger partial charge in [-0.3, -0.25) is 0 Å². The molecule has 2 aromatic rings. The number of allylic oxidation sites excluding steroid dienone is 10. The molecule has 0 aliphatic heterocycles. The van der Waals surface area contributed by atoms with E-state index in [4.69, 9.17) is 0 Å². The SMILES string of the molecule is C=C/C=C\c1cccc(Nc2ccc(C3C=CC=CC3[C@]3(C)C=CC(C)=CC3)cc2)c1. The molecular weight excluding hydrogens is 374 g/mol. The van der Waals surface area contributed by atoms with Crippen molar-refractivity contribution in [3.05, 3.63) is 126 Å². The first-order valence-electron chi connectivity index (χ1n) is 11.0. The van der Waals surface area contributed by atoms with E-state index in [1.54, 1.807) is 6.08 Å². The second-order valence-corrected chi connectivity index (χ2v) is 8.78. The molecule has 0 bridgehead atoms. The Kier molecular flexibility index (Phi) is 6.23. The summed E-state index contributed by atoms with van der Waals surface area (Å²) in [5.41, 5.74) is 6.20. The number of nitrogens with one attached hydrogen (secondary N) is 1. The van der Waals surface area contributed by atoms with Gasteiger partial charge in [-0.1, -0.05) is 104 Å². The minimum absolute atomic E-state index is 0.141. The Bertz CT molecular complexity index is 1080. The van der Waals surface area contributed by atoms with Gasteiger partial charge in [0.25, 0.3) is 0 Å². The first-order valence-corrected chi connectivity index (χ1v) is 11.0. The fraction of sp³-hybridized carbons (Fsp3) is 0.200. The van der Waals surface area contributed by atoms with Crippen LogP contribution in [0.2, 0.25) is 0 Å². The monoisotopic (exact) mass is 405 g/mol.